The van der Waals surface area contributed by atoms with Crippen LogP contribution >= 0.6 is 12.2 Å². The summed E-state index contributed by atoms with van der Waals surface area (Å²) in [5.41, 5.74) is 5.86. The lowest BCUT2D eigenvalue weighted by Gasteiger charge is -2.28. The van der Waals surface area contributed by atoms with E-state index in [4.69, 9.17) is 17.0 Å². The minimum atomic E-state index is -0.463. The number of hydrogen-bond acceptors (Lipinski definition) is 6. The Morgan fingerprint density at radius 2 is 1.86 bits per heavy atom. The van der Waals surface area contributed by atoms with Crippen molar-refractivity contribution in [3.63, 3.8) is 0 Å². The van der Waals surface area contributed by atoms with Gasteiger partial charge in [-0.15, -0.1) is 0 Å². The smallest absolute Gasteiger partial charge is 0.292 e. The number of nitrogens with one attached hydrogen (secondary N) is 2. The number of para-hydroxylation sites is 2. The van der Waals surface area contributed by atoms with Crippen LogP contribution < -0.4 is 15.6 Å². The van der Waals surface area contributed by atoms with Crippen LogP contribution in [0.5, 0.6) is 0 Å². The van der Waals surface area contributed by atoms with Gasteiger partial charge in [0.25, 0.3) is 5.69 Å². The van der Waals surface area contributed by atoms with Crippen molar-refractivity contribution in [3.05, 3.63) is 64.2 Å². The van der Waals surface area contributed by atoms with Crippen LogP contribution in [0.2, 0.25) is 0 Å². The van der Waals surface area contributed by atoms with Gasteiger partial charge in [0.05, 0.1) is 23.8 Å². The zero-order chi connectivity index (χ0) is 19.9. The zero-order valence-electron chi connectivity index (χ0n) is 15.4. The highest BCUT2D eigenvalue weighted by molar-refractivity contribution is 7.80. The molecule has 1 fully saturated rings. The fourth-order valence-corrected chi connectivity index (χ4v) is 2.98. The number of nitro benzene ring substituents is 1. The van der Waals surface area contributed by atoms with Gasteiger partial charge < -0.3 is 15.0 Å². The van der Waals surface area contributed by atoms with Crippen LogP contribution in [0.25, 0.3) is 0 Å². The van der Waals surface area contributed by atoms with Crippen LogP contribution in [-0.4, -0.2) is 42.1 Å². The Hall–Kier alpha value is -3.04. The minimum Gasteiger partial charge on any atom is -0.378 e. The van der Waals surface area contributed by atoms with Crippen molar-refractivity contribution in [1.29, 1.82) is 0 Å². The van der Waals surface area contributed by atoms with E-state index in [9.17, 15) is 10.1 Å². The van der Waals surface area contributed by atoms with E-state index >= 15 is 0 Å². The van der Waals surface area contributed by atoms with Gasteiger partial charge in [0.1, 0.15) is 5.69 Å². The molecule has 0 bridgehead atoms. The van der Waals surface area contributed by atoms with E-state index in [0.717, 1.165) is 43.3 Å². The molecular formula is C19H21N5O3S. The molecule has 28 heavy (non-hydrogen) atoms. The first-order valence-electron chi connectivity index (χ1n) is 8.82. The fraction of sp³-hybridized carbons (Fsp3) is 0.263. The van der Waals surface area contributed by atoms with Gasteiger partial charge in [0.15, 0.2) is 5.11 Å². The van der Waals surface area contributed by atoms with Crippen LogP contribution in [0.1, 0.15) is 12.5 Å². The number of hydrazone groups is 1. The molecule has 9 heteroatoms. The average Bonchev–Trinajstić information content (AvgIpc) is 2.73. The van der Waals surface area contributed by atoms with Gasteiger partial charge in [-0.05, 0) is 42.9 Å². The van der Waals surface area contributed by atoms with Crippen molar-refractivity contribution >= 4 is 40.1 Å². The SMILES string of the molecule is C/C(=N/NC(=S)Nc1ccccc1[N+](=O)[O-])c1ccc(N2CCOCC2)cc1. The number of morpholine rings is 1. The zero-order valence-corrected chi connectivity index (χ0v) is 16.2. The molecule has 146 valence electrons. The molecule has 0 saturated carbocycles. The molecule has 1 aliphatic rings. The van der Waals surface area contributed by atoms with E-state index in [-0.39, 0.29) is 10.8 Å². The highest BCUT2D eigenvalue weighted by Gasteiger charge is 2.13. The maximum absolute atomic E-state index is 11.1. The van der Waals surface area contributed by atoms with E-state index < -0.39 is 4.92 Å². The minimum absolute atomic E-state index is 0.0500. The maximum atomic E-state index is 11.1. The largest absolute Gasteiger partial charge is 0.378 e. The first-order valence-corrected chi connectivity index (χ1v) is 9.23. The molecule has 0 unspecified atom stereocenters. The molecule has 2 N–H and O–H groups in total. The summed E-state index contributed by atoms with van der Waals surface area (Å²) in [5.74, 6) is 0. The van der Waals surface area contributed by atoms with Gasteiger partial charge in [0, 0.05) is 24.8 Å². The van der Waals surface area contributed by atoms with Gasteiger partial charge in [-0.25, -0.2) is 0 Å². The van der Waals surface area contributed by atoms with Crippen LogP contribution in [0, 0.1) is 10.1 Å². The molecule has 1 heterocycles. The monoisotopic (exact) mass is 399 g/mol. The number of rotatable bonds is 5. The van der Waals surface area contributed by atoms with Crippen LogP contribution in [0.4, 0.5) is 17.1 Å². The van der Waals surface area contributed by atoms with Crippen molar-refractivity contribution in [3.8, 4) is 0 Å². The number of ether oxygens (including phenoxy) is 1. The Balaban J connectivity index is 1.60. The predicted octanol–water partition coefficient (Wildman–Crippen LogP) is 3.14. The lowest BCUT2D eigenvalue weighted by Crippen LogP contribution is -2.36. The molecule has 1 aliphatic heterocycles. The van der Waals surface area contributed by atoms with Crippen LogP contribution in [-0.2, 0) is 4.74 Å². The Kier molecular flexibility index (Phi) is 6.51. The summed E-state index contributed by atoms with van der Waals surface area (Å²) in [4.78, 5) is 12.9. The Morgan fingerprint density at radius 1 is 1.18 bits per heavy atom. The Labute approximate surface area is 168 Å². The van der Waals surface area contributed by atoms with E-state index in [1.807, 2.05) is 19.1 Å². The van der Waals surface area contributed by atoms with Crippen molar-refractivity contribution in [2.24, 2.45) is 5.10 Å². The van der Waals surface area contributed by atoms with Crippen molar-refractivity contribution in [1.82, 2.24) is 5.43 Å². The molecule has 0 amide bonds. The third kappa shape index (κ3) is 5.02. The maximum Gasteiger partial charge on any atom is 0.292 e. The molecule has 0 spiro atoms. The summed E-state index contributed by atoms with van der Waals surface area (Å²) >= 11 is 5.19. The summed E-state index contributed by atoms with van der Waals surface area (Å²) < 4.78 is 5.38. The normalized spacial score (nSPS) is 14.5. The number of nitro groups is 1. The number of hydrogen-bond donors (Lipinski definition) is 2. The first-order chi connectivity index (χ1) is 13.5. The van der Waals surface area contributed by atoms with Gasteiger partial charge in [-0.2, -0.15) is 5.10 Å². The summed E-state index contributed by atoms with van der Waals surface area (Å²) in [5, 5.41) is 18.3. The van der Waals surface area contributed by atoms with Crippen molar-refractivity contribution < 1.29 is 9.66 Å². The first kappa shape index (κ1) is 19.7. The third-order valence-electron chi connectivity index (χ3n) is 4.34. The molecule has 0 aliphatic carbocycles. The highest BCUT2D eigenvalue weighted by Crippen LogP contribution is 2.23. The molecule has 0 atom stereocenters. The topological polar surface area (TPSA) is 92.0 Å². The number of nitrogens with zero attached hydrogens (tertiary/aromatic N) is 3. The molecule has 0 radical (unpaired) electrons. The van der Waals surface area contributed by atoms with E-state index in [1.54, 1.807) is 18.2 Å². The van der Waals surface area contributed by atoms with E-state index in [2.05, 4.69) is 32.9 Å². The number of benzene rings is 2. The summed E-state index contributed by atoms with van der Waals surface area (Å²) in [6.45, 7) is 5.13. The van der Waals surface area contributed by atoms with Crippen LogP contribution in [0.15, 0.2) is 53.6 Å². The van der Waals surface area contributed by atoms with Gasteiger partial charge in [-0.3, -0.25) is 15.5 Å². The van der Waals surface area contributed by atoms with Gasteiger partial charge >= 0.3 is 0 Å². The summed E-state index contributed by atoms with van der Waals surface area (Å²) in [6.07, 6.45) is 0. The summed E-state index contributed by atoms with van der Waals surface area (Å²) in [6, 6.07) is 14.4. The second-order valence-corrected chi connectivity index (χ2v) is 6.59. The molecule has 0 aromatic heterocycles. The quantitative estimate of drug-likeness (QED) is 0.345. The summed E-state index contributed by atoms with van der Waals surface area (Å²) in [7, 11) is 0. The average molecular weight is 399 g/mol. The molecular weight excluding hydrogens is 378 g/mol. The van der Waals surface area contributed by atoms with Gasteiger partial charge in [-0.1, -0.05) is 24.3 Å². The highest BCUT2D eigenvalue weighted by atomic mass is 32.1. The van der Waals surface area contributed by atoms with Crippen molar-refractivity contribution in [2.75, 3.05) is 36.5 Å². The Morgan fingerprint density at radius 3 is 2.54 bits per heavy atom. The number of thiocarbonyl (C=S) groups is 1. The van der Waals surface area contributed by atoms with Gasteiger partial charge in [0.2, 0.25) is 0 Å². The van der Waals surface area contributed by atoms with E-state index in [1.165, 1.54) is 6.07 Å². The lowest BCUT2D eigenvalue weighted by atomic mass is 10.1. The second kappa shape index (κ2) is 9.25. The molecule has 2 aromatic carbocycles. The van der Waals surface area contributed by atoms with Crippen LogP contribution in [0.3, 0.4) is 0 Å². The predicted molar refractivity (Wildman–Crippen MR) is 114 cm³/mol. The fourth-order valence-electron chi connectivity index (χ4n) is 2.82. The number of anilines is 2. The Bertz CT molecular complexity index is 879. The molecule has 1 saturated heterocycles. The van der Waals surface area contributed by atoms with Crippen molar-refractivity contribution in [2.45, 2.75) is 6.92 Å². The molecule has 2 aromatic rings. The molecule has 3 rings (SSSR count). The molecule has 8 nitrogen and oxygen atoms in total. The standard InChI is InChI=1S/C19H21N5O3S/c1-14(15-6-8-16(9-7-15)23-10-12-27-13-11-23)21-22-19(28)20-17-4-2-3-5-18(17)24(25)26/h2-9H,10-13H2,1H3,(H2,20,22,28)/b21-14-. The second-order valence-electron chi connectivity index (χ2n) is 6.18. The third-order valence-corrected chi connectivity index (χ3v) is 4.53. The lowest BCUT2D eigenvalue weighted by molar-refractivity contribution is -0.383. The van der Waals surface area contributed by atoms with E-state index in [0.29, 0.717) is 5.69 Å².